The van der Waals surface area contributed by atoms with Crippen molar-refractivity contribution >= 4 is 11.9 Å². The Bertz CT molecular complexity index is 588. The van der Waals surface area contributed by atoms with E-state index in [1.54, 1.807) is 13.8 Å². The van der Waals surface area contributed by atoms with E-state index in [0.717, 1.165) is 25.9 Å². The summed E-state index contributed by atoms with van der Waals surface area (Å²) < 4.78 is 16.5. The number of hydrogen-bond donors (Lipinski definition) is 1. The molecule has 2 atom stereocenters. The number of unbranched alkanes of at least 4 members (excludes halogenated alkanes) is 1. The monoisotopic (exact) mass is 350 g/mol. The summed E-state index contributed by atoms with van der Waals surface area (Å²) in [4.78, 5) is 23.1. The van der Waals surface area contributed by atoms with Gasteiger partial charge in [-0.2, -0.15) is 0 Å². The summed E-state index contributed by atoms with van der Waals surface area (Å²) in [6.07, 6.45) is 3.27. The van der Waals surface area contributed by atoms with E-state index < -0.39 is 17.5 Å². The van der Waals surface area contributed by atoms with Gasteiger partial charge in [0.2, 0.25) is 0 Å². The largest absolute Gasteiger partial charge is 0.478 e. The van der Waals surface area contributed by atoms with Crippen molar-refractivity contribution in [2.75, 3.05) is 13.2 Å². The molecule has 0 amide bonds. The number of ether oxygens (including phenoxy) is 3. The zero-order valence-electron chi connectivity index (χ0n) is 15.0. The van der Waals surface area contributed by atoms with Crippen LogP contribution >= 0.6 is 0 Å². The highest BCUT2D eigenvalue weighted by Gasteiger charge is 2.31. The van der Waals surface area contributed by atoms with Crippen LogP contribution in [0.5, 0.6) is 0 Å². The summed E-state index contributed by atoms with van der Waals surface area (Å²) in [6, 6.07) is 5.67. The predicted octanol–water partition coefficient (Wildman–Crippen LogP) is 3.29. The van der Waals surface area contributed by atoms with Crippen molar-refractivity contribution < 1.29 is 28.9 Å². The fraction of sp³-hybridized carbons (Fsp3) is 0.579. The minimum Gasteiger partial charge on any atom is -0.478 e. The number of carbonyl (C=O) groups excluding carboxylic acids is 1. The van der Waals surface area contributed by atoms with E-state index >= 15 is 0 Å². The number of benzene rings is 1. The molecule has 0 radical (unpaired) electrons. The lowest BCUT2D eigenvalue weighted by Gasteiger charge is -2.31. The van der Waals surface area contributed by atoms with Gasteiger partial charge < -0.3 is 19.3 Å². The fourth-order valence-corrected chi connectivity index (χ4v) is 2.30. The molecule has 1 N–H and O–H groups in total. The molecular formula is C19H26O6. The second-order valence-electron chi connectivity index (χ2n) is 6.84. The van der Waals surface area contributed by atoms with Crippen LogP contribution in [0.25, 0.3) is 0 Å². The van der Waals surface area contributed by atoms with Gasteiger partial charge in [0, 0.05) is 6.61 Å². The van der Waals surface area contributed by atoms with Crippen LogP contribution < -0.4 is 0 Å². The van der Waals surface area contributed by atoms with E-state index in [4.69, 9.17) is 19.3 Å². The maximum Gasteiger partial charge on any atom is 0.338 e. The highest BCUT2D eigenvalue weighted by atomic mass is 16.6. The lowest BCUT2D eigenvalue weighted by Crippen LogP contribution is -2.41. The molecular weight excluding hydrogens is 324 g/mol. The van der Waals surface area contributed by atoms with Crippen molar-refractivity contribution in [3.05, 3.63) is 35.4 Å². The van der Waals surface area contributed by atoms with Gasteiger partial charge in [0.05, 0.1) is 29.9 Å². The van der Waals surface area contributed by atoms with Gasteiger partial charge in [0.1, 0.15) is 5.60 Å². The van der Waals surface area contributed by atoms with Crippen molar-refractivity contribution in [1.29, 1.82) is 0 Å². The number of hydrogen-bond acceptors (Lipinski definition) is 5. The second-order valence-corrected chi connectivity index (χ2v) is 6.84. The summed E-state index contributed by atoms with van der Waals surface area (Å²) in [5, 5.41) is 8.89. The van der Waals surface area contributed by atoms with Gasteiger partial charge in [-0.25, -0.2) is 9.59 Å². The van der Waals surface area contributed by atoms with Crippen LogP contribution in [0.3, 0.4) is 0 Å². The number of rotatable bonds is 10. The summed E-state index contributed by atoms with van der Waals surface area (Å²) >= 11 is 0. The number of carboxylic acids is 1. The molecule has 1 heterocycles. The number of epoxide rings is 1. The topological polar surface area (TPSA) is 85.4 Å². The molecule has 6 heteroatoms. The lowest BCUT2D eigenvalue weighted by molar-refractivity contribution is -0.0914. The number of esters is 1. The van der Waals surface area contributed by atoms with Gasteiger partial charge in [0.15, 0.2) is 0 Å². The molecule has 1 aromatic rings. The van der Waals surface area contributed by atoms with Crippen molar-refractivity contribution in [2.45, 2.75) is 57.8 Å². The molecule has 2 unspecified atom stereocenters. The maximum atomic E-state index is 12.3. The van der Waals surface area contributed by atoms with Crippen LogP contribution in [-0.4, -0.2) is 48.1 Å². The van der Waals surface area contributed by atoms with Crippen LogP contribution in [0, 0.1) is 0 Å². The van der Waals surface area contributed by atoms with Gasteiger partial charge in [-0.3, -0.25) is 0 Å². The third kappa shape index (κ3) is 6.14. The van der Waals surface area contributed by atoms with E-state index in [9.17, 15) is 9.59 Å². The first-order valence-corrected chi connectivity index (χ1v) is 8.59. The van der Waals surface area contributed by atoms with Crippen molar-refractivity contribution in [1.82, 2.24) is 0 Å². The molecule has 6 nitrogen and oxygen atoms in total. The molecule has 0 bridgehead atoms. The highest BCUT2D eigenvalue weighted by Crippen LogP contribution is 2.21. The SMILES string of the molecule is CC(OCCCCC1CO1)C(C)(C)OC(=O)c1ccc(C(=O)O)cc1. The van der Waals surface area contributed by atoms with Crippen LogP contribution in [0.2, 0.25) is 0 Å². The summed E-state index contributed by atoms with van der Waals surface area (Å²) in [7, 11) is 0. The number of aromatic carboxylic acids is 1. The predicted molar refractivity (Wildman–Crippen MR) is 91.9 cm³/mol. The second kappa shape index (κ2) is 8.45. The fourth-order valence-electron chi connectivity index (χ4n) is 2.30. The van der Waals surface area contributed by atoms with E-state index in [0.29, 0.717) is 18.3 Å². The Hall–Kier alpha value is -1.92. The highest BCUT2D eigenvalue weighted by molar-refractivity contribution is 5.92. The molecule has 2 rings (SSSR count). The Morgan fingerprint density at radius 3 is 2.40 bits per heavy atom. The molecule has 0 saturated carbocycles. The third-order valence-corrected chi connectivity index (χ3v) is 4.39. The van der Waals surface area contributed by atoms with Gasteiger partial charge in [-0.15, -0.1) is 0 Å². The molecule has 1 aliphatic rings. The smallest absolute Gasteiger partial charge is 0.338 e. The molecule has 1 aromatic carbocycles. The van der Waals surface area contributed by atoms with E-state index in [-0.39, 0.29) is 11.7 Å². The lowest BCUT2D eigenvalue weighted by atomic mass is 10.0. The van der Waals surface area contributed by atoms with Gasteiger partial charge in [-0.05, 0) is 64.3 Å². The molecule has 1 saturated heterocycles. The first-order chi connectivity index (χ1) is 11.8. The third-order valence-electron chi connectivity index (χ3n) is 4.39. The summed E-state index contributed by atoms with van der Waals surface area (Å²) in [5.41, 5.74) is -0.346. The van der Waals surface area contributed by atoms with E-state index in [1.165, 1.54) is 24.3 Å². The Morgan fingerprint density at radius 1 is 1.24 bits per heavy atom. The summed E-state index contributed by atoms with van der Waals surface area (Å²) in [5.74, 6) is -1.53. The Morgan fingerprint density at radius 2 is 1.84 bits per heavy atom. The number of carboxylic acid groups (broad SMARTS) is 1. The first-order valence-electron chi connectivity index (χ1n) is 8.59. The van der Waals surface area contributed by atoms with E-state index in [2.05, 4.69) is 0 Å². The minimum absolute atomic E-state index is 0.129. The quantitative estimate of drug-likeness (QED) is 0.396. The van der Waals surface area contributed by atoms with Crippen molar-refractivity contribution in [3.8, 4) is 0 Å². The molecule has 25 heavy (non-hydrogen) atoms. The van der Waals surface area contributed by atoms with E-state index in [1.807, 2.05) is 6.92 Å². The minimum atomic E-state index is -1.03. The molecule has 0 spiro atoms. The molecule has 0 aliphatic carbocycles. The van der Waals surface area contributed by atoms with Crippen LogP contribution in [0.1, 0.15) is 60.7 Å². The average molecular weight is 350 g/mol. The molecule has 138 valence electrons. The zero-order valence-corrected chi connectivity index (χ0v) is 15.0. The normalized spacial score (nSPS) is 17.8. The van der Waals surface area contributed by atoms with Gasteiger partial charge in [-0.1, -0.05) is 0 Å². The average Bonchev–Trinajstić information content (AvgIpc) is 3.38. The van der Waals surface area contributed by atoms with Crippen LogP contribution in [-0.2, 0) is 14.2 Å². The number of carbonyl (C=O) groups is 2. The standard InChI is InChI=1S/C19H26O6/c1-13(23-11-5-4-6-16-12-24-16)19(2,3)25-18(22)15-9-7-14(8-10-15)17(20)21/h7-10,13,16H,4-6,11-12H2,1-3H3,(H,20,21). The molecule has 1 aliphatic heterocycles. The first kappa shape index (κ1) is 19.4. The maximum absolute atomic E-state index is 12.3. The summed E-state index contributed by atoms with van der Waals surface area (Å²) in [6.45, 7) is 6.99. The Balaban J connectivity index is 1.78. The van der Waals surface area contributed by atoms with Crippen molar-refractivity contribution in [3.63, 3.8) is 0 Å². The van der Waals surface area contributed by atoms with Crippen molar-refractivity contribution in [2.24, 2.45) is 0 Å². The van der Waals surface area contributed by atoms with Gasteiger partial charge in [0.25, 0.3) is 0 Å². The molecule has 0 aromatic heterocycles. The van der Waals surface area contributed by atoms with Crippen LogP contribution in [0.4, 0.5) is 0 Å². The Kier molecular flexibility index (Phi) is 6.56. The van der Waals surface area contributed by atoms with Crippen LogP contribution in [0.15, 0.2) is 24.3 Å². The zero-order chi connectivity index (χ0) is 18.4. The van der Waals surface area contributed by atoms with Gasteiger partial charge >= 0.3 is 11.9 Å². The molecule has 1 fully saturated rings. The Labute approximate surface area is 148 Å².